The first kappa shape index (κ1) is 13.4. The Bertz CT molecular complexity index is 600. The third-order valence-corrected chi connectivity index (χ3v) is 4.21. The Kier molecular flexibility index (Phi) is 3.88. The molecule has 0 aliphatic heterocycles. The van der Waals surface area contributed by atoms with Gasteiger partial charge in [-0.2, -0.15) is 0 Å². The Labute approximate surface area is 122 Å². The highest BCUT2D eigenvalue weighted by atomic mass is 14.9. The van der Waals surface area contributed by atoms with Crippen LogP contribution in [0.25, 0.3) is 11.1 Å². The number of rotatable bonds is 4. The number of benzene rings is 2. The molecule has 0 heterocycles. The van der Waals surface area contributed by atoms with Crippen molar-refractivity contribution in [2.75, 3.05) is 6.54 Å². The van der Waals surface area contributed by atoms with Crippen molar-refractivity contribution in [1.29, 1.82) is 0 Å². The summed E-state index contributed by atoms with van der Waals surface area (Å²) < 4.78 is 0. The smallest absolute Gasteiger partial charge is 0.0326 e. The minimum atomic E-state index is 0.566. The molecule has 104 valence electrons. The van der Waals surface area contributed by atoms with Crippen LogP contribution in [-0.2, 0) is 6.42 Å². The number of aryl methyl sites for hydroxylation is 2. The fraction of sp³-hybridized carbons (Fsp3) is 0.368. The fourth-order valence-electron chi connectivity index (χ4n) is 3.15. The van der Waals surface area contributed by atoms with E-state index in [-0.39, 0.29) is 0 Å². The Hall–Kier alpha value is -1.60. The van der Waals surface area contributed by atoms with Crippen molar-refractivity contribution in [3.05, 3.63) is 59.2 Å². The maximum absolute atomic E-state index is 3.66. The van der Waals surface area contributed by atoms with Crippen molar-refractivity contribution in [3.8, 4) is 11.1 Å². The lowest BCUT2D eigenvalue weighted by molar-refractivity contribution is 0.529. The second-order valence-corrected chi connectivity index (χ2v) is 5.83. The highest BCUT2D eigenvalue weighted by Crippen LogP contribution is 2.34. The van der Waals surface area contributed by atoms with Crippen molar-refractivity contribution >= 4 is 0 Å². The van der Waals surface area contributed by atoms with E-state index in [0.717, 1.165) is 6.54 Å². The average molecular weight is 265 g/mol. The first-order valence-electron chi connectivity index (χ1n) is 7.71. The summed E-state index contributed by atoms with van der Waals surface area (Å²) in [7, 11) is 0. The summed E-state index contributed by atoms with van der Waals surface area (Å²) in [6, 6.07) is 16.3. The van der Waals surface area contributed by atoms with E-state index in [4.69, 9.17) is 0 Å². The van der Waals surface area contributed by atoms with Gasteiger partial charge in [0, 0.05) is 6.04 Å². The zero-order valence-electron chi connectivity index (χ0n) is 12.4. The quantitative estimate of drug-likeness (QED) is 0.848. The van der Waals surface area contributed by atoms with E-state index < -0.39 is 0 Å². The first-order valence-corrected chi connectivity index (χ1v) is 7.71. The van der Waals surface area contributed by atoms with Crippen LogP contribution in [0.3, 0.4) is 0 Å². The first-order chi connectivity index (χ1) is 9.78. The van der Waals surface area contributed by atoms with Gasteiger partial charge in [0.05, 0.1) is 0 Å². The molecule has 1 N–H and O–H groups in total. The molecule has 3 rings (SSSR count). The van der Waals surface area contributed by atoms with Crippen LogP contribution in [0.2, 0.25) is 0 Å². The van der Waals surface area contributed by atoms with Gasteiger partial charge in [0.2, 0.25) is 0 Å². The Morgan fingerprint density at radius 2 is 1.95 bits per heavy atom. The fourth-order valence-corrected chi connectivity index (χ4v) is 3.15. The van der Waals surface area contributed by atoms with E-state index in [1.165, 1.54) is 47.1 Å². The van der Waals surface area contributed by atoms with Crippen LogP contribution in [0.15, 0.2) is 42.5 Å². The van der Waals surface area contributed by atoms with Crippen molar-refractivity contribution in [2.24, 2.45) is 0 Å². The summed E-state index contributed by atoms with van der Waals surface area (Å²) in [5.74, 6) is 0. The molecule has 2 aromatic rings. The molecule has 0 bridgehead atoms. The molecule has 0 fully saturated rings. The van der Waals surface area contributed by atoms with Crippen LogP contribution < -0.4 is 5.32 Å². The molecule has 0 aromatic heterocycles. The summed E-state index contributed by atoms with van der Waals surface area (Å²) in [4.78, 5) is 0. The van der Waals surface area contributed by atoms with E-state index in [1.807, 2.05) is 0 Å². The maximum atomic E-state index is 3.66. The summed E-state index contributed by atoms with van der Waals surface area (Å²) >= 11 is 0. The van der Waals surface area contributed by atoms with Crippen LogP contribution in [0, 0.1) is 6.92 Å². The van der Waals surface area contributed by atoms with E-state index in [2.05, 4.69) is 61.6 Å². The average Bonchev–Trinajstić information content (AvgIpc) is 2.87. The van der Waals surface area contributed by atoms with Gasteiger partial charge in [0.15, 0.2) is 0 Å². The lowest BCUT2D eigenvalue weighted by atomic mass is 9.98. The molecule has 2 aromatic carbocycles. The van der Waals surface area contributed by atoms with Gasteiger partial charge >= 0.3 is 0 Å². The molecule has 1 aliphatic rings. The Balaban J connectivity index is 1.87. The van der Waals surface area contributed by atoms with E-state index in [1.54, 1.807) is 0 Å². The predicted octanol–water partition coefficient (Wildman–Crippen LogP) is 4.65. The molecule has 0 saturated carbocycles. The second-order valence-electron chi connectivity index (χ2n) is 5.83. The van der Waals surface area contributed by atoms with E-state index >= 15 is 0 Å². The van der Waals surface area contributed by atoms with Gasteiger partial charge in [-0.15, -0.1) is 0 Å². The highest BCUT2D eigenvalue weighted by Gasteiger charge is 2.21. The number of hydrogen-bond acceptors (Lipinski definition) is 1. The van der Waals surface area contributed by atoms with Crippen molar-refractivity contribution in [1.82, 2.24) is 5.32 Å². The zero-order chi connectivity index (χ0) is 13.9. The van der Waals surface area contributed by atoms with Gasteiger partial charge in [0.25, 0.3) is 0 Å². The van der Waals surface area contributed by atoms with Crippen molar-refractivity contribution < 1.29 is 0 Å². The number of nitrogens with one attached hydrogen (secondary N) is 1. The monoisotopic (exact) mass is 265 g/mol. The van der Waals surface area contributed by atoms with Gasteiger partial charge in [-0.25, -0.2) is 0 Å². The summed E-state index contributed by atoms with van der Waals surface area (Å²) in [5.41, 5.74) is 7.04. The maximum Gasteiger partial charge on any atom is 0.0326 e. The molecule has 1 atom stereocenters. The highest BCUT2D eigenvalue weighted by molar-refractivity contribution is 5.66. The van der Waals surface area contributed by atoms with Gasteiger partial charge in [-0.3, -0.25) is 0 Å². The second kappa shape index (κ2) is 5.80. The molecule has 1 heteroatoms. The van der Waals surface area contributed by atoms with Crippen molar-refractivity contribution in [3.63, 3.8) is 0 Å². The third kappa shape index (κ3) is 2.64. The van der Waals surface area contributed by atoms with E-state index in [9.17, 15) is 0 Å². The molecule has 20 heavy (non-hydrogen) atoms. The normalized spacial score (nSPS) is 17.2. The molecule has 0 saturated heterocycles. The third-order valence-electron chi connectivity index (χ3n) is 4.21. The van der Waals surface area contributed by atoms with Crippen LogP contribution in [-0.4, -0.2) is 6.54 Å². The van der Waals surface area contributed by atoms with Crippen LogP contribution in [0.4, 0.5) is 0 Å². The molecule has 1 aliphatic carbocycles. The molecule has 1 unspecified atom stereocenters. The van der Waals surface area contributed by atoms with Crippen LogP contribution in [0.5, 0.6) is 0 Å². The number of fused-ring (bicyclic) bond motifs is 1. The van der Waals surface area contributed by atoms with Crippen LogP contribution >= 0.6 is 0 Å². The largest absolute Gasteiger partial charge is 0.310 e. The summed E-state index contributed by atoms with van der Waals surface area (Å²) in [5, 5.41) is 3.66. The van der Waals surface area contributed by atoms with Gasteiger partial charge in [-0.05, 0) is 55.0 Å². The summed E-state index contributed by atoms with van der Waals surface area (Å²) in [6.07, 6.45) is 3.65. The topological polar surface area (TPSA) is 12.0 Å². The van der Waals surface area contributed by atoms with Gasteiger partial charge in [-0.1, -0.05) is 55.0 Å². The minimum Gasteiger partial charge on any atom is -0.310 e. The molecule has 0 spiro atoms. The molecule has 1 nitrogen and oxygen atoms in total. The molecular weight excluding hydrogens is 242 g/mol. The standard InChI is InChI=1S/C19H23N/c1-3-11-20-19-10-8-17-13-16(7-9-18(17)19)15-6-4-5-14(2)12-15/h4-7,9,12-13,19-20H,3,8,10-11H2,1-2H3. The SMILES string of the molecule is CCCNC1CCc2cc(-c3cccc(C)c3)ccc21. The molecule has 0 radical (unpaired) electrons. The minimum absolute atomic E-state index is 0.566. The summed E-state index contributed by atoms with van der Waals surface area (Å²) in [6.45, 7) is 5.50. The van der Waals surface area contributed by atoms with E-state index in [0.29, 0.717) is 6.04 Å². The Morgan fingerprint density at radius 3 is 2.75 bits per heavy atom. The lowest BCUT2D eigenvalue weighted by Gasteiger charge is -2.14. The van der Waals surface area contributed by atoms with Crippen molar-refractivity contribution in [2.45, 2.75) is 39.2 Å². The zero-order valence-corrected chi connectivity index (χ0v) is 12.4. The van der Waals surface area contributed by atoms with Crippen LogP contribution in [0.1, 0.15) is 42.5 Å². The van der Waals surface area contributed by atoms with Gasteiger partial charge < -0.3 is 5.32 Å². The Morgan fingerprint density at radius 1 is 1.10 bits per heavy atom. The molecular formula is C19H23N. The van der Waals surface area contributed by atoms with Gasteiger partial charge in [0.1, 0.15) is 0 Å². The lowest BCUT2D eigenvalue weighted by Crippen LogP contribution is -2.19. The molecule has 0 amide bonds. The predicted molar refractivity (Wildman–Crippen MR) is 86.0 cm³/mol. The number of hydrogen-bond donors (Lipinski definition) is 1.